The van der Waals surface area contributed by atoms with Crippen LogP contribution in [-0.2, 0) is 0 Å². The number of hydrogen-bond donors (Lipinski definition) is 0. The summed E-state index contributed by atoms with van der Waals surface area (Å²) in [6, 6.07) is 3.34. The van der Waals surface area contributed by atoms with Crippen LogP contribution in [0.5, 0.6) is 0 Å². The summed E-state index contributed by atoms with van der Waals surface area (Å²) in [7, 11) is 0. The van der Waals surface area contributed by atoms with Crippen LogP contribution in [0, 0.1) is 31.5 Å². The van der Waals surface area contributed by atoms with Gasteiger partial charge in [-0.25, -0.2) is 4.39 Å². The van der Waals surface area contributed by atoms with Gasteiger partial charge in [0.25, 0.3) is 0 Å². The van der Waals surface area contributed by atoms with E-state index in [9.17, 15) is 9.18 Å². The molecule has 0 aliphatic heterocycles. The summed E-state index contributed by atoms with van der Waals surface area (Å²) in [4.78, 5) is 12.1. The Morgan fingerprint density at radius 2 is 1.81 bits per heavy atom. The van der Waals surface area contributed by atoms with E-state index in [-0.39, 0.29) is 17.5 Å². The van der Waals surface area contributed by atoms with Crippen molar-refractivity contribution in [2.75, 3.05) is 0 Å². The molecular formula is C14H17FO. The molecule has 2 rings (SSSR count). The molecule has 0 bridgehead atoms. The third kappa shape index (κ3) is 2.01. The highest BCUT2D eigenvalue weighted by atomic mass is 19.1. The predicted molar refractivity (Wildman–Crippen MR) is 62.1 cm³/mol. The molecule has 1 aliphatic rings. The topological polar surface area (TPSA) is 17.1 Å². The van der Waals surface area contributed by atoms with E-state index in [4.69, 9.17) is 0 Å². The summed E-state index contributed by atoms with van der Waals surface area (Å²) in [5, 5.41) is 0. The molecule has 1 atom stereocenters. The Labute approximate surface area is 95.7 Å². The summed E-state index contributed by atoms with van der Waals surface area (Å²) in [5.74, 6) is 0.603. The molecule has 1 saturated carbocycles. The number of rotatable bonds is 3. The molecule has 1 nitrogen and oxygen atoms in total. The van der Waals surface area contributed by atoms with Gasteiger partial charge in [0.1, 0.15) is 5.82 Å². The number of carbonyl (C=O) groups excluding carboxylic acids is 1. The predicted octanol–water partition coefficient (Wildman–Crippen LogP) is 3.67. The van der Waals surface area contributed by atoms with Crippen LogP contribution in [-0.4, -0.2) is 5.78 Å². The number of Topliss-reactive ketones (excluding diaryl/α,β-unsaturated/α-hetero) is 1. The van der Waals surface area contributed by atoms with Gasteiger partial charge in [0.2, 0.25) is 0 Å². The lowest BCUT2D eigenvalue weighted by molar-refractivity contribution is 0.0916. The third-order valence-electron chi connectivity index (χ3n) is 3.46. The highest BCUT2D eigenvalue weighted by Crippen LogP contribution is 2.38. The van der Waals surface area contributed by atoms with Gasteiger partial charge in [-0.15, -0.1) is 0 Å². The minimum absolute atomic E-state index is 0.0873. The Morgan fingerprint density at radius 3 is 2.25 bits per heavy atom. The van der Waals surface area contributed by atoms with Gasteiger partial charge in [0.05, 0.1) is 0 Å². The van der Waals surface area contributed by atoms with E-state index in [0.717, 1.165) is 12.8 Å². The average molecular weight is 220 g/mol. The molecule has 1 unspecified atom stereocenters. The lowest BCUT2D eigenvalue weighted by Gasteiger charge is -2.11. The molecule has 1 aromatic carbocycles. The molecule has 1 fully saturated rings. The van der Waals surface area contributed by atoms with Crippen molar-refractivity contribution < 1.29 is 9.18 Å². The standard InChI is InChI=1S/C14H17FO/c1-8-6-12(7-9(2)13(8)15)14(16)10(3)11-4-5-11/h6-7,10-11H,4-5H2,1-3H3. The monoisotopic (exact) mass is 220 g/mol. The van der Waals surface area contributed by atoms with Gasteiger partial charge < -0.3 is 0 Å². The average Bonchev–Trinajstić information content (AvgIpc) is 3.06. The van der Waals surface area contributed by atoms with Crippen LogP contribution >= 0.6 is 0 Å². The zero-order valence-electron chi connectivity index (χ0n) is 10.0. The van der Waals surface area contributed by atoms with Crippen LogP contribution < -0.4 is 0 Å². The SMILES string of the molecule is Cc1cc(C(=O)C(C)C2CC2)cc(C)c1F. The molecular weight excluding hydrogens is 203 g/mol. The maximum Gasteiger partial charge on any atom is 0.165 e. The Balaban J connectivity index is 2.29. The molecule has 2 heteroatoms. The number of hydrogen-bond acceptors (Lipinski definition) is 1. The summed E-state index contributed by atoms with van der Waals surface area (Å²) in [5.41, 5.74) is 1.79. The highest BCUT2D eigenvalue weighted by Gasteiger charge is 2.33. The van der Waals surface area contributed by atoms with Crippen molar-refractivity contribution in [1.82, 2.24) is 0 Å². The summed E-state index contributed by atoms with van der Waals surface area (Å²) >= 11 is 0. The first-order valence-electron chi connectivity index (χ1n) is 5.81. The number of aryl methyl sites for hydroxylation is 2. The van der Waals surface area contributed by atoms with Crippen LogP contribution in [0.3, 0.4) is 0 Å². The normalized spacial score (nSPS) is 17.2. The van der Waals surface area contributed by atoms with Crippen LogP contribution in [0.1, 0.15) is 41.3 Å². The van der Waals surface area contributed by atoms with Crippen molar-refractivity contribution in [1.29, 1.82) is 0 Å². The molecule has 0 saturated heterocycles. The van der Waals surface area contributed by atoms with Gasteiger partial charge in [0, 0.05) is 11.5 Å². The Morgan fingerprint density at radius 1 is 1.31 bits per heavy atom. The van der Waals surface area contributed by atoms with E-state index in [1.807, 2.05) is 6.92 Å². The maximum atomic E-state index is 13.4. The molecule has 0 heterocycles. The van der Waals surface area contributed by atoms with Crippen molar-refractivity contribution in [2.45, 2.75) is 33.6 Å². The first-order chi connectivity index (χ1) is 7.50. The molecule has 0 spiro atoms. The van der Waals surface area contributed by atoms with E-state index in [2.05, 4.69) is 0 Å². The molecule has 86 valence electrons. The van der Waals surface area contributed by atoms with Crippen LogP contribution in [0.4, 0.5) is 4.39 Å². The number of halogens is 1. The molecule has 0 N–H and O–H groups in total. The fraction of sp³-hybridized carbons (Fsp3) is 0.500. The van der Waals surface area contributed by atoms with E-state index >= 15 is 0 Å². The van der Waals surface area contributed by atoms with Crippen LogP contribution in [0.15, 0.2) is 12.1 Å². The summed E-state index contributed by atoms with van der Waals surface area (Å²) < 4.78 is 13.4. The molecule has 0 amide bonds. The third-order valence-corrected chi connectivity index (χ3v) is 3.46. The first-order valence-corrected chi connectivity index (χ1v) is 5.81. The fourth-order valence-corrected chi connectivity index (χ4v) is 2.16. The lowest BCUT2D eigenvalue weighted by atomic mass is 9.93. The van der Waals surface area contributed by atoms with E-state index in [1.54, 1.807) is 26.0 Å². The van der Waals surface area contributed by atoms with Gasteiger partial charge in [-0.1, -0.05) is 6.92 Å². The van der Waals surface area contributed by atoms with Crippen molar-refractivity contribution in [3.8, 4) is 0 Å². The first kappa shape index (κ1) is 11.3. The molecule has 1 aromatic rings. The smallest absolute Gasteiger partial charge is 0.165 e. The van der Waals surface area contributed by atoms with Gasteiger partial charge in [-0.2, -0.15) is 0 Å². The van der Waals surface area contributed by atoms with Gasteiger partial charge in [-0.05, 0) is 55.9 Å². The van der Waals surface area contributed by atoms with Crippen LogP contribution in [0.2, 0.25) is 0 Å². The van der Waals surface area contributed by atoms with Crippen molar-refractivity contribution in [3.63, 3.8) is 0 Å². The molecule has 16 heavy (non-hydrogen) atoms. The second-order valence-corrected chi connectivity index (χ2v) is 4.91. The second-order valence-electron chi connectivity index (χ2n) is 4.91. The summed E-state index contributed by atoms with van der Waals surface area (Å²) in [6.07, 6.45) is 2.32. The Kier molecular flexibility index (Phi) is 2.83. The quantitative estimate of drug-likeness (QED) is 0.710. The lowest BCUT2D eigenvalue weighted by Crippen LogP contribution is -2.14. The molecule has 0 aromatic heterocycles. The largest absolute Gasteiger partial charge is 0.294 e. The van der Waals surface area contributed by atoms with Crippen molar-refractivity contribution in [3.05, 3.63) is 34.6 Å². The van der Waals surface area contributed by atoms with Gasteiger partial charge in [0.15, 0.2) is 5.78 Å². The number of ketones is 1. The van der Waals surface area contributed by atoms with E-state index in [1.165, 1.54) is 0 Å². The Bertz CT molecular complexity index is 409. The van der Waals surface area contributed by atoms with Crippen molar-refractivity contribution >= 4 is 5.78 Å². The zero-order valence-corrected chi connectivity index (χ0v) is 10.0. The van der Waals surface area contributed by atoms with Crippen molar-refractivity contribution in [2.24, 2.45) is 11.8 Å². The van der Waals surface area contributed by atoms with Crippen LogP contribution in [0.25, 0.3) is 0 Å². The van der Waals surface area contributed by atoms with E-state index < -0.39 is 0 Å². The zero-order chi connectivity index (χ0) is 11.9. The fourth-order valence-electron chi connectivity index (χ4n) is 2.16. The van der Waals surface area contributed by atoms with Gasteiger partial charge >= 0.3 is 0 Å². The number of carbonyl (C=O) groups is 1. The highest BCUT2D eigenvalue weighted by molar-refractivity contribution is 5.98. The minimum Gasteiger partial charge on any atom is -0.294 e. The molecule has 1 aliphatic carbocycles. The maximum absolute atomic E-state index is 13.4. The van der Waals surface area contributed by atoms with Gasteiger partial charge in [-0.3, -0.25) is 4.79 Å². The Hall–Kier alpha value is -1.18. The minimum atomic E-state index is -0.198. The van der Waals surface area contributed by atoms with E-state index in [0.29, 0.717) is 22.6 Å². The molecule has 0 radical (unpaired) electrons. The summed E-state index contributed by atoms with van der Waals surface area (Å²) in [6.45, 7) is 5.40. The number of benzene rings is 1. The second kappa shape index (κ2) is 4.00.